The summed E-state index contributed by atoms with van der Waals surface area (Å²) in [5.41, 5.74) is 0.434. The van der Waals surface area contributed by atoms with E-state index < -0.39 is 5.41 Å². The Balaban J connectivity index is 0.00000118. The molecule has 0 aliphatic heterocycles. The SMILES string of the molecule is C=CC.C=CCOC(=O)CC(C)(C)CC(=O)OC1CCC2(C)C(CCC3(C)C2CCC2C4CCCCC4(CO)CC[C@]23C)C1(C)C.CC. The third kappa shape index (κ3) is 7.38. The van der Waals surface area contributed by atoms with E-state index >= 15 is 0 Å². The van der Waals surface area contributed by atoms with Gasteiger partial charge in [-0.25, -0.2) is 0 Å². The Morgan fingerprint density at radius 1 is 0.792 bits per heavy atom. The fourth-order valence-electron chi connectivity index (χ4n) is 12.6. The van der Waals surface area contributed by atoms with Crippen molar-refractivity contribution >= 4 is 11.9 Å². The maximum atomic E-state index is 13.3. The first-order valence-corrected chi connectivity index (χ1v) is 19.6. The maximum absolute atomic E-state index is 13.3. The van der Waals surface area contributed by atoms with Gasteiger partial charge in [0.15, 0.2) is 0 Å². The Morgan fingerprint density at radius 2 is 1.44 bits per heavy atom. The van der Waals surface area contributed by atoms with E-state index in [4.69, 9.17) is 9.47 Å². The molecule has 0 heterocycles. The summed E-state index contributed by atoms with van der Waals surface area (Å²) in [4.78, 5) is 25.5. The van der Waals surface area contributed by atoms with Gasteiger partial charge in [-0.3, -0.25) is 9.59 Å². The van der Waals surface area contributed by atoms with Gasteiger partial charge in [0.2, 0.25) is 0 Å². The van der Waals surface area contributed by atoms with E-state index in [1.54, 1.807) is 12.2 Å². The number of carbonyl (C=O) groups is 2. The molecule has 5 saturated carbocycles. The summed E-state index contributed by atoms with van der Waals surface area (Å²) in [7, 11) is 0. The lowest BCUT2D eigenvalue weighted by atomic mass is 9.32. The molecule has 0 aromatic rings. The van der Waals surface area contributed by atoms with Crippen molar-refractivity contribution in [3.8, 4) is 0 Å². The van der Waals surface area contributed by atoms with E-state index in [0.29, 0.717) is 35.2 Å². The Hall–Kier alpha value is -1.62. The lowest BCUT2D eigenvalue weighted by Gasteiger charge is -2.73. The molecule has 5 nitrogen and oxygen atoms in total. The van der Waals surface area contributed by atoms with Gasteiger partial charge in [0.25, 0.3) is 0 Å². The van der Waals surface area contributed by atoms with E-state index in [9.17, 15) is 14.7 Å². The summed E-state index contributed by atoms with van der Waals surface area (Å²) in [5.74, 6) is 2.12. The van der Waals surface area contributed by atoms with Crippen LogP contribution < -0.4 is 0 Å². The summed E-state index contributed by atoms with van der Waals surface area (Å²) in [5, 5.41) is 10.7. The molecule has 276 valence electrons. The van der Waals surface area contributed by atoms with Crippen molar-refractivity contribution in [3.63, 3.8) is 0 Å². The van der Waals surface area contributed by atoms with Gasteiger partial charge in [-0.15, -0.1) is 6.58 Å². The largest absolute Gasteiger partial charge is 0.462 e. The van der Waals surface area contributed by atoms with Crippen molar-refractivity contribution in [2.45, 2.75) is 165 Å². The van der Waals surface area contributed by atoms with Gasteiger partial charge in [-0.05, 0) is 122 Å². The van der Waals surface area contributed by atoms with Crippen LogP contribution in [-0.2, 0) is 19.1 Å². The van der Waals surface area contributed by atoms with Crippen LogP contribution in [0.4, 0.5) is 0 Å². The molecular formula is C43H74O5. The molecule has 5 aliphatic carbocycles. The molecule has 1 N–H and O–H groups in total. The molecule has 5 rings (SSSR count). The predicted molar refractivity (Wildman–Crippen MR) is 198 cm³/mol. The van der Waals surface area contributed by atoms with Gasteiger partial charge >= 0.3 is 11.9 Å². The van der Waals surface area contributed by atoms with Crippen LogP contribution in [0.5, 0.6) is 0 Å². The topological polar surface area (TPSA) is 72.8 Å². The first-order chi connectivity index (χ1) is 22.5. The number of hydrogen-bond donors (Lipinski definition) is 1. The summed E-state index contributed by atoms with van der Waals surface area (Å²) in [6, 6.07) is 0. The zero-order chi connectivity index (χ0) is 36.2. The summed E-state index contributed by atoms with van der Waals surface area (Å²) < 4.78 is 11.5. The fourth-order valence-corrected chi connectivity index (χ4v) is 12.6. The molecule has 0 saturated heterocycles. The van der Waals surface area contributed by atoms with Gasteiger partial charge in [0.1, 0.15) is 12.7 Å². The molecule has 0 bridgehead atoms. The minimum Gasteiger partial charge on any atom is -0.462 e. The number of aliphatic hydroxyl groups excluding tert-OH is 1. The third-order valence-electron chi connectivity index (χ3n) is 14.9. The number of aliphatic hydroxyl groups is 1. The number of fused-ring (bicyclic) bond motifs is 7. The molecule has 5 fully saturated rings. The monoisotopic (exact) mass is 671 g/mol. The Morgan fingerprint density at radius 3 is 2.06 bits per heavy atom. The highest BCUT2D eigenvalue weighted by Crippen LogP contribution is 2.76. The fraction of sp³-hybridized carbons (Fsp3) is 0.860. The lowest BCUT2D eigenvalue weighted by Crippen LogP contribution is -2.67. The average Bonchev–Trinajstić information content (AvgIpc) is 3.02. The second kappa shape index (κ2) is 15.7. The van der Waals surface area contributed by atoms with Gasteiger partial charge in [0, 0.05) is 12.0 Å². The molecule has 0 amide bonds. The number of hydrogen-bond acceptors (Lipinski definition) is 5. The summed E-state index contributed by atoms with van der Waals surface area (Å²) >= 11 is 0. The van der Waals surface area contributed by atoms with Crippen molar-refractivity contribution in [3.05, 3.63) is 25.3 Å². The van der Waals surface area contributed by atoms with Crippen LogP contribution in [0.3, 0.4) is 0 Å². The lowest BCUT2D eigenvalue weighted by molar-refractivity contribution is -0.255. The van der Waals surface area contributed by atoms with Crippen molar-refractivity contribution in [2.75, 3.05) is 13.2 Å². The average molecular weight is 671 g/mol. The Labute approximate surface area is 295 Å². The van der Waals surface area contributed by atoms with Crippen LogP contribution in [0.2, 0.25) is 0 Å². The number of ether oxygens (including phenoxy) is 2. The third-order valence-corrected chi connectivity index (χ3v) is 14.9. The second-order valence-electron chi connectivity index (χ2n) is 18.3. The molecule has 5 heteroatoms. The minimum atomic E-state index is -0.519. The van der Waals surface area contributed by atoms with Gasteiger partial charge < -0.3 is 14.6 Å². The van der Waals surface area contributed by atoms with Crippen LogP contribution >= 0.6 is 0 Å². The van der Waals surface area contributed by atoms with E-state index in [0.717, 1.165) is 18.8 Å². The van der Waals surface area contributed by atoms with Crippen molar-refractivity contribution in [1.82, 2.24) is 0 Å². The first kappa shape index (κ1) is 40.8. The highest BCUT2D eigenvalue weighted by atomic mass is 16.5. The van der Waals surface area contributed by atoms with Crippen LogP contribution in [0.15, 0.2) is 25.3 Å². The summed E-state index contributed by atoms with van der Waals surface area (Å²) in [6.07, 6.45) is 18.4. The molecular weight excluding hydrogens is 596 g/mol. The molecule has 0 aromatic carbocycles. The molecule has 0 radical (unpaired) electrons. The second-order valence-corrected chi connectivity index (χ2v) is 18.3. The van der Waals surface area contributed by atoms with Crippen LogP contribution in [0, 0.1) is 56.2 Å². The van der Waals surface area contributed by atoms with Crippen LogP contribution in [-0.4, -0.2) is 36.4 Å². The van der Waals surface area contributed by atoms with Crippen LogP contribution in [0.1, 0.15) is 159 Å². The van der Waals surface area contributed by atoms with Crippen molar-refractivity contribution in [2.24, 2.45) is 56.2 Å². The molecule has 8 unspecified atom stereocenters. The van der Waals surface area contributed by atoms with E-state index in [1.807, 2.05) is 34.6 Å². The maximum Gasteiger partial charge on any atom is 0.306 e. The highest BCUT2D eigenvalue weighted by Gasteiger charge is 2.69. The molecule has 0 spiro atoms. The molecule has 9 atom stereocenters. The predicted octanol–water partition coefficient (Wildman–Crippen LogP) is 10.9. The number of carbonyl (C=O) groups excluding carboxylic acids is 2. The van der Waals surface area contributed by atoms with Crippen molar-refractivity contribution in [1.29, 1.82) is 0 Å². The number of esters is 2. The smallest absolute Gasteiger partial charge is 0.306 e. The highest BCUT2D eigenvalue weighted by molar-refractivity contribution is 5.74. The van der Waals surface area contributed by atoms with Gasteiger partial charge in [0.05, 0.1) is 12.8 Å². The van der Waals surface area contributed by atoms with E-state index in [1.165, 1.54) is 64.2 Å². The first-order valence-electron chi connectivity index (χ1n) is 19.6. The number of allylic oxidation sites excluding steroid dienone is 1. The molecule has 0 aromatic heterocycles. The minimum absolute atomic E-state index is 0.0973. The van der Waals surface area contributed by atoms with Gasteiger partial charge in [-0.1, -0.05) is 93.9 Å². The van der Waals surface area contributed by atoms with E-state index in [-0.39, 0.29) is 53.7 Å². The van der Waals surface area contributed by atoms with Crippen LogP contribution in [0.25, 0.3) is 0 Å². The summed E-state index contributed by atoms with van der Waals surface area (Å²) in [6.45, 7) is 30.0. The van der Waals surface area contributed by atoms with Crippen molar-refractivity contribution < 1.29 is 24.2 Å². The normalized spacial score (nSPS) is 39.5. The standard InChI is InChI=1S/C38H62O5.C3H6.C2H6/c1-9-22-42-31(40)23-33(2,3)24-32(41)43-30-16-18-35(6)28(34(30,4)5)15-19-37(8)29(35)14-13-26-27-12-10-11-17-38(27,25-39)21-20-36(26,37)7;1-3-2;1-2/h9,26-30,39H,1,10-25H2,2-8H3;3H,1H2,2H3;1-2H3/t26?,27?,28?,29?,30?,35?,36-,37?,38?;;/m1../s1. The molecule has 5 aliphatic rings. The Bertz CT molecular complexity index is 1120. The number of rotatable bonds is 8. The quantitative estimate of drug-likeness (QED) is 0.205. The zero-order valence-electron chi connectivity index (χ0n) is 32.8. The zero-order valence-corrected chi connectivity index (χ0v) is 32.8. The Kier molecular flexibility index (Phi) is 13.4. The van der Waals surface area contributed by atoms with Gasteiger partial charge in [-0.2, -0.15) is 0 Å². The van der Waals surface area contributed by atoms with E-state index in [2.05, 4.69) is 47.8 Å². The molecule has 48 heavy (non-hydrogen) atoms.